The molecule has 5 N–H and O–H groups in total. The third kappa shape index (κ3) is 5.38. The number of benzene rings is 2. The van der Waals surface area contributed by atoms with Gasteiger partial charge in [-0.05, 0) is 45.3 Å². The number of aromatic nitrogens is 6. The smallest absolute Gasteiger partial charge is 0.356 e. The molecule has 0 bridgehead atoms. The minimum Gasteiger partial charge on any atom is -0.476 e. The number of tetrazole rings is 1. The number of nitrogens with zero attached hydrogens (tertiary/aromatic N) is 5. The van der Waals surface area contributed by atoms with Gasteiger partial charge in [0.15, 0.2) is 17.3 Å². The average Bonchev–Trinajstić information content (AvgIpc) is 3.69. The zero-order valence-corrected chi connectivity index (χ0v) is 23.2. The first-order valence-corrected chi connectivity index (χ1v) is 13.5. The average molecular weight is 607 g/mol. The van der Waals surface area contributed by atoms with Crippen LogP contribution in [0.3, 0.4) is 0 Å². The topological polar surface area (TPSA) is 178 Å². The van der Waals surface area contributed by atoms with Crippen molar-refractivity contribution in [1.82, 2.24) is 30.2 Å². The van der Waals surface area contributed by atoms with Crippen LogP contribution in [0.5, 0.6) is 0 Å². The number of nitrogens with two attached hydrogens (primary N) is 1. The standard InChI is InChI=1S/C27H27BrN8O4/c1-2-3-8-21-31-26(30-13-16(37)12-29)23(27(38)39)36(21)14-15-9-10-20-19(11-15)22(28)24(40-20)17-6-4-5-7-18(17)25-32-34-35-33-25/h4-7,9-11,30H,2-3,8,12-14,29H2,1H3,(H,38,39)(H,32,33,34,35). The predicted molar refractivity (Wildman–Crippen MR) is 152 cm³/mol. The summed E-state index contributed by atoms with van der Waals surface area (Å²) in [6, 6.07) is 13.3. The Hall–Kier alpha value is -4.36. The molecule has 12 nitrogen and oxygen atoms in total. The molecule has 0 fully saturated rings. The molecule has 0 radical (unpaired) electrons. The minimum atomic E-state index is -1.14. The van der Waals surface area contributed by atoms with E-state index in [1.54, 1.807) is 4.57 Å². The number of hydrogen-bond donors (Lipinski definition) is 4. The first-order valence-electron chi connectivity index (χ1n) is 12.7. The quantitative estimate of drug-likeness (QED) is 0.160. The fourth-order valence-electron chi connectivity index (χ4n) is 4.51. The van der Waals surface area contributed by atoms with Gasteiger partial charge in [0.05, 0.1) is 17.6 Å². The number of anilines is 1. The van der Waals surface area contributed by atoms with Gasteiger partial charge in [-0.3, -0.25) is 4.79 Å². The van der Waals surface area contributed by atoms with E-state index >= 15 is 0 Å². The number of furan rings is 1. The Morgan fingerprint density at radius 3 is 2.70 bits per heavy atom. The SMILES string of the molecule is CCCCc1nc(NCC(=O)CN)c(C(=O)O)n1Cc1ccc2oc(-c3ccccc3-c3nn[nH]n3)c(Br)c2c1. The lowest BCUT2D eigenvalue weighted by molar-refractivity contribution is -0.116. The van der Waals surface area contributed by atoms with Crippen LogP contribution in [-0.4, -0.2) is 60.1 Å². The molecule has 13 heteroatoms. The van der Waals surface area contributed by atoms with E-state index in [9.17, 15) is 14.7 Å². The highest BCUT2D eigenvalue weighted by molar-refractivity contribution is 9.10. The molecule has 0 aliphatic rings. The Morgan fingerprint density at radius 2 is 2.00 bits per heavy atom. The maximum Gasteiger partial charge on any atom is 0.356 e. The van der Waals surface area contributed by atoms with Crippen LogP contribution in [0, 0.1) is 0 Å². The lowest BCUT2D eigenvalue weighted by Gasteiger charge is -2.11. The summed E-state index contributed by atoms with van der Waals surface area (Å²) >= 11 is 3.71. The monoisotopic (exact) mass is 606 g/mol. The number of carbonyl (C=O) groups excluding carboxylic acids is 1. The maximum absolute atomic E-state index is 12.3. The lowest BCUT2D eigenvalue weighted by atomic mass is 10.0. The molecule has 0 atom stereocenters. The predicted octanol–water partition coefficient (Wildman–Crippen LogP) is 4.27. The highest BCUT2D eigenvalue weighted by Gasteiger charge is 2.24. The number of unbranched alkanes of at least 4 members (excludes halogenated alkanes) is 1. The second-order valence-corrected chi connectivity index (χ2v) is 9.97. The van der Waals surface area contributed by atoms with Gasteiger partial charge in [-0.2, -0.15) is 5.21 Å². The Morgan fingerprint density at radius 1 is 1.20 bits per heavy atom. The van der Waals surface area contributed by atoms with E-state index in [1.807, 2.05) is 42.5 Å². The summed E-state index contributed by atoms with van der Waals surface area (Å²) in [7, 11) is 0. The number of carboxylic acid groups (broad SMARTS) is 1. The zero-order chi connectivity index (χ0) is 28.2. The summed E-state index contributed by atoms with van der Waals surface area (Å²) in [5.74, 6) is 0.467. The maximum atomic E-state index is 12.3. The van der Waals surface area contributed by atoms with E-state index in [-0.39, 0.29) is 36.9 Å². The van der Waals surface area contributed by atoms with Crippen LogP contribution in [0.1, 0.15) is 41.6 Å². The number of aryl methyl sites for hydroxylation is 1. The van der Waals surface area contributed by atoms with Crippen molar-refractivity contribution in [3.8, 4) is 22.7 Å². The molecule has 5 rings (SSSR count). The number of carboxylic acids is 1. The summed E-state index contributed by atoms with van der Waals surface area (Å²) < 4.78 is 8.68. The third-order valence-electron chi connectivity index (χ3n) is 6.47. The fourth-order valence-corrected chi connectivity index (χ4v) is 5.12. The van der Waals surface area contributed by atoms with Gasteiger partial charge in [0.1, 0.15) is 17.2 Å². The summed E-state index contributed by atoms with van der Waals surface area (Å²) in [6.45, 7) is 2.09. The van der Waals surface area contributed by atoms with Crippen molar-refractivity contribution in [3.05, 3.63) is 64.0 Å². The molecule has 206 valence electrons. The molecule has 0 amide bonds. The van der Waals surface area contributed by atoms with Crippen LogP contribution >= 0.6 is 15.9 Å². The number of imidazole rings is 1. The third-order valence-corrected chi connectivity index (χ3v) is 7.26. The van der Waals surface area contributed by atoms with Gasteiger partial charge < -0.3 is 25.1 Å². The van der Waals surface area contributed by atoms with Gasteiger partial charge in [0, 0.05) is 29.5 Å². The molecule has 3 aromatic heterocycles. The van der Waals surface area contributed by atoms with Crippen molar-refractivity contribution >= 4 is 44.5 Å². The molecule has 2 aromatic carbocycles. The number of fused-ring (bicyclic) bond motifs is 1. The molecular formula is C27H27BrN8O4. The van der Waals surface area contributed by atoms with Crippen LogP contribution < -0.4 is 11.1 Å². The first-order chi connectivity index (χ1) is 19.4. The van der Waals surface area contributed by atoms with Crippen molar-refractivity contribution in [2.45, 2.75) is 32.7 Å². The molecular weight excluding hydrogens is 580 g/mol. The number of aromatic amines is 1. The molecule has 0 aliphatic carbocycles. The van der Waals surface area contributed by atoms with Gasteiger partial charge in [-0.25, -0.2) is 9.78 Å². The Kier molecular flexibility index (Phi) is 8.03. The van der Waals surface area contributed by atoms with Crippen molar-refractivity contribution in [2.24, 2.45) is 5.73 Å². The fraction of sp³-hybridized carbons (Fsp3) is 0.259. The molecule has 0 aliphatic heterocycles. The van der Waals surface area contributed by atoms with Crippen LogP contribution in [-0.2, 0) is 17.8 Å². The summed E-state index contributed by atoms with van der Waals surface area (Å²) in [4.78, 5) is 28.7. The van der Waals surface area contributed by atoms with Crippen LogP contribution in [0.2, 0.25) is 0 Å². The van der Waals surface area contributed by atoms with Crippen molar-refractivity contribution in [3.63, 3.8) is 0 Å². The van der Waals surface area contributed by atoms with E-state index in [1.165, 1.54) is 0 Å². The van der Waals surface area contributed by atoms with Crippen molar-refractivity contribution < 1.29 is 19.1 Å². The second-order valence-electron chi connectivity index (χ2n) is 9.17. The molecule has 0 unspecified atom stereocenters. The molecule has 0 saturated heterocycles. The zero-order valence-electron chi connectivity index (χ0n) is 21.6. The molecule has 5 aromatic rings. The number of halogens is 1. The van der Waals surface area contributed by atoms with E-state index in [0.29, 0.717) is 29.4 Å². The van der Waals surface area contributed by atoms with Gasteiger partial charge in [0.2, 0.25) is 5.82 Å². The van der Waals surface area contributed by atoms with Crippen molar-refractivity contribution in [1.29, 1.82) is 0 Å². The number of aromatic carboxylic acids is 1. The van der Waals surface area contributed by atoms with Gasteiger partial charge in [-0.1, -0.05) is 43.7 Å². The van der Waals surface area contributed by atoms with Gasteiger partial charge in [-0.15, -0.1) is 10.2 Å². The first kappa shape index (κ1) is 27.2. The summed E-state index contributed by atoms with van der Waals surface area (Å²) in [6.07, 6.45) is 2.36. The van der Waals surface area contributed by atoms with Gasteiger partial charge >= 0.3 is 5.97 Å². The van der Waals surface area contributed by atoms with E-state index in [4.69, 9.17) is 10.2 Å². The number of Topliss-reactive ketones (excluding diaryl/α,β-unsaturated/α-hetero) is 1. The lowest BCUT2D eigenvalue weighted by Crippen LogP contribution is -2.23. The Balaban J connectivity index is 1.54. The highest BCUT2D eigenvalue weighted by atomic mass is 79.9. The van der Waals surface area contributed by atoms with E-state index in [2.05, 4.69) is 53.8 Å². The Bertz CT molecular complexity index is 1680. The number of carbonyl (C=O) groups is 2. The normalized spacial score (nSPS) is 11.3. The van der Waals surface area contributed by atoms with Crippen LogP contribution in [0.15, 0.2) is 51.4 Å². The largest absolute Gasteiger partial charge is 0.476 e. The summed E-state index contributed by atoms with van der Waals surface area (Å²) in [5.41, 5.74) is 8.48. The van der Waals surface area contributed by atoms with Crippen LogP contribution in [0.4, 0.5) is 5.82 Å². The summed E-state index contributed by atoms with van der Waals surface area (Å²) in [5, 5.41) is 28.1. The molecule has 3 heterocycles. The van der Waals surface area contributed by atoms with E-state index in [0.717, 1.165) is 39.4 Å². The number of ketones is 1. The number of rotatable bonds is 12. The van der Waals surface area contributed by atoms with E-state index < -0.39 is 5.97 Å². The number of hydrogen-bond acceptors (Lipinski definition) is 9. The highest BCUT2D eigenvalue weighted by Crippen LogP contribution is 2.41. The number of nitrogens with one attached hydrogen (secondary N) is 2. The molecule has 0 spiro atoms. The second kappa shape index (κ2) is 11.8. The minimum absolute atomic E-state index is 0.00277. The molecule has 0 saturated carbocycles. The molecule has 40 heavy (non-hydrogen) atoms. The Labute approximate surface area is 237 Å². The van der Waals surface area contributed by atoms with Crippen LogP contribution in [0.25, 0.3) is 33.7 Å². The van der Waals surface area contributed by atoms with Crippen molar-refractivity contribution in [2.75, 3.05) is 18.4 Å². The number of H-pyrrole nitrogens is 1. The van der Waals surface area contributed by atoms with Gasteiger partial charge in [0.25, 0.3) is 0 Å².